The van der Waals surface area contributed by atoms with Crippen molar-refractivity contribution in [3.05, 3.63) is 132 Å². The summed E-state index contributed by atoms with van der Waals surface area (Å²) in [7, 11) is -2.78. The average Bonchev–Trinajstić information content (AvgIpc) is 3.10. The molecule has 0 aliphatic heterocycles. The molecule has 52 heavy (non-hydrogen) atoms. The fraction of sp³-hybridized carbons (Fsp3) is 0.405. The van der Waals surface area contributed by atoms with Crippen LogP contribution in [0.25, 0.3) is 0 Å². The smallest absolute Gasteiger partial charge is 0.409 e. The molecule has 0 bridgehead atoms. The molecule has 4 aromatic carbocycles. The highest BCUT2D eigenvalue weighted by atomic mass is 32.2. The topological polar surface area (TPSA) is 117 Å². The summed E-state index contributed by atoms with van der Waals surface area (Å²) in [5.41, 5.74) is 0.212. The summed E-state index contributed by atoms with van der Waals surface area (Å²) in [6.07, 6.45) is -0.657. The Morgan fingerprint density at radius 3 is 1.73 bits per heavy atom. The number of carbonyl (C=O) groups excluding carboxylic acids is 1. The van der Waals surface area contributed by atoms with E-state index in [-0.39, 0.29) is 23.2 Å². The number of amides is 1. The highest BCUT2D eigenvalue weighted by Crippen LogP contribution is 2.32. The zero-order valence-electron chi connectivity index (χ0n) is 31.3. The lowest BCUT2D eigenvalue weighted by Crippen LogP contribution is -2.68. The number of sulfonamides is 1. The lowest BCUT2D eigenvalue weighted by Gasteiger charge is -2.41. The molecule has 280 valence electrons. The maximum absolute atomic E-state index is 14.0. The second-order valence-corrected chi connectivity index (χ2v) is 16.9. The van der Waals surface area contributed by atoms with Crippen molar-refractivity contribution in [3.63, 3.8) is 0 Å². The molecule has 0 fully saturated rings. The van der Waals surface area contributed by atoms with Gasteiger partial charge >= 0.3 is 6.09 Å². The Bertz CT molecular complexity index is 1740. The van der Waals surface area contributed by atoms with Gasteiger partial charge in [0.05, 0.1) is 18.1 Å². The molecular weight excluding hydrogens is 675 g/mol. The number of nitrogens with one attached hydrogen (secondary N) is 2. The van der Waals surface area contributed by atoms with Crippen LogP contribution in [0.3, 0.4) is 0 Å². The summed E-state index contributed by atoms with van der Waals surface area (Å²) in [6.45, 7) is 11.9. The predicted octanol–water partition coefficient (Wildman–Crippen LogP) is 7.70. The normalized spacial score (nSPS) is 14.0. The molecule has 0 spiro atoms. The lowest BCUT2D eigenvalue weighted by molar-refractivity contribution is 0.00921. The largest absolute Gasteiger partial charge is 0.497 e. The van der Waals surface area contributed by atoms with E-state index < -0.39 is 33.5 Å². The molecule has 0 aromatic heterocycles. The Morgan fingerprint density at radius 2 is 1.25 bits per heavy atom. The maximum atomic E-state index is 14.0. The van der Waals surface area contributed by atoms with Crippen LogP contribution in [-0.4, -0.2) is 55.5 Å². The summed E-state index contributed by atoms with van der Waals surface area (Å²) < 4.78 is 41.6. The molecule has 0 heterocycles. The van der Waals surface area contributed by atoms with Gasteiger partial charge < -0.3 is 14.6 Å². The van der Waals surface area contributed by atoms with Gasteiger partial charge in [0, 0.05) is 19.5 Å². The van der Waals surface area contributed by atoms with E-state index in [2.05, 4.69) is 77.3 Å². The zero-order chi connectivity index (χ0) is 37.8. The number of nitrogens with zero attached hydrogens (tertiary/aromatic N) is 1. The number of rotatable bonds is 18. The van der Waals surface area contributed by atoms with Gasteiger partial charge in [-0.2, -0.15) is 4.72 Å². The first kappa shape index (κ1) is 40.5. The molecule has 9 nitrogen and oxygen atoms in total. The number of ether oxygens (including phenoxy) is 2. The molecular formula is C42H55N3O6S. The number of methoxy groups -OCH3 is 1. The minimum Gasteiger partial charge on any atom is -0.497 e. The lowest BCUT2D eigenvalue weighted by atomic mass is 9.81. The van der Waals surface area contributed by atoms with Crippen molar-refractivity contribution in [2.75, 3.05) is 13.7 Å². The van der Waals surface area contributed by atoms with Gasteiger partial charge in [-0.05, 0) is 92.9 Å². The molecule has 0 aliphatic rings. The molecule has 2 atom stereocenters. The van der Waals surface area contributed by atoms with E-state index >= 15 is 0 Å². The Labute approximate surface area is 310 Å². The van der Waals surface area contributed by atoms with E-state index in [1.54, 1.807) is 32.9 Å². The van der Waals surface area contributed by atoms with Gasteiger partial charge in [-0.15, -0.1) is 0 Å². The number of hydrogen-bond acceptors (Lipinski definition) is 7. The molecule has 0 saturated carbocycles. The van der Waals surface area contributed by atoms with Gasteiger partial charge in [0.1, 0.15) is 17.0 Å². The third-order valence-corrected chi connectivity index (χ3v) is 10.5. The van der Waals surface area contributed by atoms with Gasteiger partial charge in [0.2, 0.25) is 10.0 Å². The first-order valence-electron chi connectivity index (χ1n) is 17.8. The van der Waals surface area contributed by atoms with Gasteiger partial charge in [-0.1, -0.05) is 105 Å². The molecule has 3 N–H and O–H groups in total. The van der Waals surface area contributed by atoms with Gasteiger partial charge in [-0.3, -0.25) is 10.2 Å². The van der Waals surface area contributed by atoms with Crippen LogP contribution in [-0.2, 0) is 34.3 Å². The van der Waals surface area contributed by atoms with Crippen molar-refractivity contribution in [1.82, 2.24) is 14.9 Å². The third kappa shape index (κ3) is 12.8. The van der Waals surface area contributed by atoms with Crippen LogP contribution in [0.2, 0.25) is 0 Å². The average molecular weight is 730 g/mol. The molecule has 0 saturated heterocycles. The summed E-state index contributed by atoms with van der Waals surface area (Å²) in [5.74, 6) is 0.495. The number of alkyl carbamates (subject to hydrolysis) is 1. The molecule has 2 unspecified atom stereocenters. The van der Waals surface area contributed by atoms with E-state index in [1.165, 1.54) is 30.4 Å². The van der Waals surface area contributed by atoms with Crippen LogP contribution in [0, 0.1) is 5.41 Å². The molecule has 0 aliphatic carbocycles. The van der Waals surface area contributed by atoms with Crippen LogP contribution >= 0.6 is 0 Å². The summed E-state index contributed by atoms with van der Waals surface area (Å²) in [5, 5.41) is 15.0. The molecule has 10 heteroatoms. The van der Waals surface area contributed by atoms with E-state index in [0.717, 1.165) is 26.1 Å². The van der Waals surface area contributed by atoms with Crippen LogP contribution in [0.4, 0.5) is 4.79 Å². The zero-order valence-corrected chi connectivity index (χ0v) is 32.2. The fourth-order valence-corrected chi connectivity index (χ4v) is 7.44. The minimum atomic E-state index is -4.27. The maximum Gasteiger partial charge on any atom is 0.409 e. The third-order valence-electron chi connectivity index (χ3n) is 9.00. The van der Waals surface area contributed by atoms with Gasteiger partial charge in [-0.25, -0.2) is 13.2 Å². The Morgan fingerprint density at radius 1 is 0.750 bits per heavy atom. The molecule has 4 rings (SSSR count). The first-order chi connectivity index (χ1) is 24.6. The van der Waals surface area contributed by atoms with Gasteiger partial charge in [0.25, 0.3) is 0 Å². The molecule has 0 radical (unpaired) electrons. The van der Waals surface area contributed by atoms with Crippen molar-refractivity contribution in [1.29, 1.82) is 0 Å². The van der Waals surface area contributed by atoms with Crippen molar-refractivity contribution in [2.24, 2.45) is 5.41 Å². The quantitative estimate of drug-likeness (QED) is 0.0900. The van der Waals surface area contributed by atoms with E-state index in [0.29, 0.717) is 17.7 Å². The standard InChI is InChI=1S/C42H55N3O6S/c1-40(2,3)51-39(47)43-42(30-33-16-10-7-11-17-33,44-52(48,49)37-24-22-36(50-6)23-25-37)38(46)26-27-41(4,5)28-29-45(31-34-18-12-8-13-19-34)32-35-20-14-9-15-21-35/h7-25,38,44,46H,26-32H2,1-6H3,(H,43,47). The Hall–Kier alpha value is -4.22. The number of aliphatic hydroxyl groups excluding tert-OH is 1. The van der Waals surface area contributed by atoms with Crippen LogP contribution in [0.5, 0.6) is 5.75 Å². The minimum absolute atomic E-state index is 0.0357. The number of hydrogen-bond donors (Lipinski definition) is 3. The number of aliphatic hydroxyl groups is 1. The summed E-state index contributed by atoms with van der Waals surface area (Å²) in [4.78, 5) is 15.8. The molecule has 1 amide bonds. The van der Waals surface area contributed by atoms with E-state index in [1.807, 2.05) is 42.5 Å². The summed E-state index contributed by atoms with van der Waals surface area (Å²) in [6, 6.07) is 35.9. The second-order valence-electron chi connectivity index (χ2n) is 15.2. The predicted molar refractivity (Wildman–Crippen MR) is 206 cm³/mol. The molecule has 4 aromatic rings. The van der Waals surface area contributed by atoms with Crippen molar-refractivity contribution in [3.8, 4) is 5.75 Å². The number of carbonyl (C=O) groups is 1. The Kier molecular flexibility index (Phi) is 14.0. The van der Waals surface area contributed by atoms with Crippen molar-refractivity contribution >= 4 is 16.1 Å². The van der Waals surface area contributed by atoms with Gasteiger partial charge in [0.15, 0.2) is 0 Å². The van der Waals surface area contributed by atoms with Crippen molar-refractivity contribution in [2.45, 2.75) is 95.7 Å². The fourth-order valence-electron chi connectivity index (χ4n) is 6.09. The highest BCUT2D eigenvalue weighted by Gasteiger charge is 2.45. The Balaban J connectivity index is 1.60. The number of benzene rings is 4. The van der Waals surface area contributed by atoms with Crippen molar-refractivity contribution < 1.29 is 27.8 Å². The second kappa shape index (κ2) is 18.0. The van der Waals surface area contributed by atoms with Crippen LogP contribution < -0.4 is 14.8 Å². The van der Waals surface area contributed by atoms with E-state index in [9.17, 15) is 18.3 Å². The van der Waals surface area contributed by atoms with Crippen LogP contribution in [0.15, 0.2) is 120 Å². The summed E-state index contributed by atoms with van der Waals surface area (Å²) >= 11 is 0. The highest BCUT2D eigenvalue weighted by molar-refractivity contribution is 7.89. The monoisotopic (exact) mass is 729 g/mol. The SMILES string of the molecule is COc1ccc(S(=O)(=O)NC(Cc2ccccc2)(NC(=O)OC(C)(C)C)C(O)CCC(C)(C)CCN(Cc2ccccc2)Cc2ccccc2)cc1. The van der Waals surface area contributed by atoms with Crippen LogP contribution in [0.1, 0.15) is 70.6 Å². The van der Waals surface area contributed by atoms with E-state index in [4.69, 9.17) is 9.47 Å². The first-order valence-corrected chi connectivity index (χ1v) is 19.3.